The number of nitrogens with zero attached hydrogens (tertiary/aromatic N) is 3. The van der Waals surface area contributed by atoms with Crippen molar-refractivity contribution >= 4 is 5.96 Å². The Morgan fingerprint density at radius 2 is 2.10 bits per heavy atom. The molecule has 0 aromatic rings. The summed E-state index contributed by atoms with van der Waals surface area (Å²) in [4.78, 5) is 9.60. The van der Waals surface area contributed by atoms with E-state index in [2.05, 4.69) is 49.5 Å². The predicted molar refractivity (Wildman–Crippen MR) is 92.9 cm³/mol. The van der Waals surface area contributed by atoms with Crippen LogP contribution in [0.15, 0.2) is 17.6 Å². The second-order valence-corrected chi connectivity index (χ2v) is 6.15. The molecule has 1 N–H and O–H groups in total. The highest BCUT2D eigenvalue weighted by molar-refractivity contribution is 5.79. The predicted octanol–water partition coefficient (Wildman–Crippen LogP) is 2.72. The molecule has 122 valence electrons. The zero-order valence-electron chi connectivity index (χ0n) is 14.4. The van der Waals surface area contributed by atoms with Crippen LogP contribution in [0.1, 0.15) is 46.5 Å². The molecule has 0 amide bonds. The molecule has 1 aliphatic carbocycles. The summed E-state index contributed by atoms with van der Waals surface area (Å²) in [6.45, 7) is 14.4. The van der Waals surface area contributed by atoms with Gasteiger partial charge in [0.2, 0.25) is 0 Å². The van der Waals surface area contributed by atoms with Crippen molar-refractivity contribution in [1.29, 1.82) is 0 Å². The fraction of sp³-hybridized carbons (Fsp3) is 0.824. The van der Waals surface area contributed by atoms with E-state index in [9.17, 15) is 0 Å². The summed E-state index contributed by atoms with van der Waals surface area (Å²) in [5, 5.41) is 3.39. The van der Waals surface area contributed by atoms with Crippen LogP contribution >= 0.6 is 0 Å². The van der Waals surface area contributed by atoms with E-state index in [0.717, 1.165) is 51.0 Å². The van der Waals surface area contributed by atoms with Crippen LogP contribution < -0.4 is 5.32 Å². The van der Waals surface area contributed by atoms with Crippen molar-refractivity contribution in [1.82, 2.24) is 15.1 Å². The van der Waals surface area contributed by atoms with Gasteiger partial charge in [-0.2, -0.15) is 0 Å². The van der Waals surface area contributed by atoms with Gasteiger partial charge >= 0.3 is 0 Å². The second kappa shape index (κ2) is 9.82. The van der Waals surface area contributed by atoms with Crippen LogP contribution in [-0.2, 0) is 0 Å². The molecule has 1 fully saturated rings. The van der Waals surface area contributed by atoms with Gasteiger partial charge in [-0.15, -0.1) is 6.58 Å². The Balaban J connectivity index is 2.43. The molecule has 0 heterocycles. The molecule has 0 radical (unpaired) electrons. The molecule has 4 nitrogen and oxygen atoms in total. The molecule has 4 heteroatoms. The normalized spacial score (nSPS) is 15.6. The number of hydrogen-bond donors (Lipinski definition) is 1. The average Bonchev–Trinajstić information content (AvgIpc) is 3.26. The molecule has 21 heavy (non-hydrogen) atoms. The Morgan fingerprint density at radius 1 is 1.38 bits per heavy atom. The van der Waals surface area contributed by atoms with E-state index in [1.165, 1.54) is 12.8 Å². The first-order valence-corrected chi connectivity index (χ1v) is 8.46. The average molecular weight is 294 g/mol. The van der Waals surface area contributed by atoms with Gasteiger partial charge in [-0.1, -0.05) is 6.08 Å². The summed E-state index contributed by atoms with van der Waals surface area (Å²) in [7, 11) is 2.12. The first-order chi connectivity index (χ1) is 10.1. The lowest BCUT2D eigenvalue weighted by atomic mass is 10.3. The van der Waals surface area contributed by atoms with E-state index >= 15 is 0 Å². The molecule has 0 unspecified atom stereocenters. The second-order valence-electron chi connectivity index (χ2n) is 6.15. The maximum Gasteiger partial charge on any atom is 0.193 e. The van der Waals surface area contributed by atoms with Crippen molar-refractivity contribution in [3.63, 3.8) is 0 Å². The number of hydrogen-bond acceptors (Lipinski definition) is 2. The SMILES string of the molecule is C=CCCCN(C)C(=NCCN(C(C)C)C1CC1)NCC. The lowest BCUT2D eigenvalue weighted by Crippen LogP contribution is -2.40. The van der Waals surface area contributed by atoms with Crippen molar-refractivity contribution in [2.75, 3.05) is 33.2 Å². The summed E-state index contributed by atoms with van der Waals surface area (Å²) in [5.41, 5.74) is 0. The summed E-state index contributed by atoms with van der Waals surface area (Å²) < 4.78 is 0. The van der Waals surface area contributed by atoms with E-state index in [1.807, 2.05) is 6.08 Å². The van der Waals surface area contributed by atoms with Crippen LogP contribution in [0.3, 0.4) is 0 Å². The number of rotatable bonds is 10. The van der Waals surface area contributed by atoms with Crippen LogP contribution in [0.5, 0.6) is 0 Å². The summed E-state index contributed by atoms with van der Waals surface area (Å²) in [6.07, 6.45) is 6.90. The number of aliphatic imine (C=N–C) groups is 1. The lowest BCUT2D eigenvalue weighted by Gasteiger charge is -2.26. The smallest absolute Gasteiger partial charge is 0.193 e. The van der Waals surface area contributed by atoms with Gasteiger partial charge < -0.3 is 10.2 Å². The minimum Gasteiger partial charge on any atom is -0.357 e. The Bertz CT molecular complexity index is 319. The monoisotopic (exact) mass is 294 g/mol. The van der Waals surface area contributed by atoms with Gasteiger partial charge in [0.05, 0.1) is 6.54 Å². The molecule has 0 atom stereocenters. The molecule has 1 aliphatic rings. The van der Waals surface area contributed by atoms with Crippen molar-refractivity contribution in [3.8, 4) is 0 Å². The van der Waals surface area contributed by atoms with E-state index in [0.29, 0.717) is 6.04 Å². The molecule has 0 spiro atoms. The standard InChI is InChI=1S/C17H34N4/c1-6-8-9-13-20(5)17(18-7-2)19-12-14-21(15(3)4)16-10-11-16/h6,15-16H,1,7-14H2,2-5H3,(H,18,19). The molecular formula is C17H34N4. The number of nitrogens with one attached hydrogen (secondary N) is 1. The molecule has 0 aromatic carbocycles. The fourth-order valence-corrected chi connectivity index (χ4v) is 2.59. The number of guanidine groups is 1. The van der Waals surface area contributed by atoms with Crippen molar-refractivity contribution < 1.29 is 0 Å². The molecule has 1 rings (SSSR count). The largest absolute Gasteiger partial charge is 0.357 e. The van der Waals surface area contributed by atoms with Crippen LogP contribution in [0.2, 0.25) is 0 Å². The van der Waals surface area contributed by atoms with Crippen molar-refractivity contribution in [2.24, 2.45) is 4.99 Å². The van der Waals surface area contributed by atoms with Crippen LogP contribution in [0, 0.1) is 0 Å². The zero-order chi connectivity index (χ0) is 15.7. The van der Waals surface area contributed by atoms with Gasteiger partial charge in [-0.3, -0.25) is 9.89 Å². The highest BCUT2D eigenvalue weighted by Gasteiger charge is 2.30. The quantitative estimate of drug-likeness (QED) is 0.291. The summed E-state index contributed by atoms with van der Waals surface area (Å²) in [6, 6.07) is 1.44. The van der Waals surface area contributed by atoms with Gasteiger partial charge in [0.15, 0.2) is 5.96 Å². The number of allylic oxidation sites excluding steroid dienone is 1. The highest BCUT2D eigenvalue weighted by atomic mass is 15.3. The van der Waals surface area contributed by atoms with E-state index in [1.54, 1.807) is 0 Å². The third-order valence-electron chi connectivity index (χ3n) is 3.90. The lowest BCUT2D eigenvalue weighted by molar-refractivity contribution is 0.217. The molecule has 1 saturated carbocycles. The topological polar surface area (TPSA) is 30.9 Å². The third kappa shape index (κ3) is 6.98. The van der Waals surface area contributed by atoms with Gasteiger partial charge in [0.1, 0.15) is 0 Å². The number of unbranched alkanes of at least 4 members (excludes halogenated alkanes) is 1. The van der Waals surface area contributed by atoms with Gasteiger partial charge in [-0.25, -0.2) is 0 Å². The summed E-state index contributed by atoms with van der Waals surface area (Å²) in [5.74, 6) is 1.03. The van der Waals surface area contributed by atoms with Crippen LogP contribution in [-0.4, -0.2) is 61.1 Å². The first kappa shape index (κ1) is 18.0. The third-order valence-corrected chi connectivity index (χ3v) is 3.90. The zero-order valence-corrected chi connectivity index (χ0v) is 14.4. The maximum absolute atomic E-state index is 4.79. The first-order valence-electron chi connectivity index (χ1n) is 8.46. The maximum atomic E-state index is 4.79. The molecular weight excluding hydrogens is 260 g/mol. The Morgan fingerprint density at radius 3 is 2.62 bits per heavy atom. The van der Waals surface area contributed by atoms with Gasteiger partial charge in [-0.05, 0) is 46.5 Å². The minimum atomic E-state index is 0.626. The van der Waals surface area contributed by atoms with Crippen LogP contribution in [0.25, 0.3) is 0 Å². The molecule has 0 aliphatic heterocycles. The fourth-order valence-electron chi connectivity index (χ4n) is 2.59. The summed E-state index contributed by atoms with van der Waals surface area (Å²) >= 11 is 0. The Labute approximate surface area is 131 Å². The van der Waals surface area contributed by atoms with Gasteiger partial charge in [0, 0.05) is 38.8 Å². The van der Waals surface area contributed by atoms with E-state index in [4.69, 9.17) is 4.99 Å². The molecule has 0 aromatic heterocycles. The van der Waals surface area contributed by atoms with Crippen molar-refractivity contribution in [3.05, 3.63) is 12.7 Å². The van der Waals surface area contributed by atoms with Gasteiger partial charge in [0.25, 0.3) is 0 Å². The van der Waals surface area contributed by atoms with E-state index < -0.39 is 0 Å². The van der Waals surface area contributed by atoms with E-state index in [-0.39, 0.29) is 0 Å². The van der Waals surface area contributed by atoms with Crippen LogP contribution in [0.4, 0.5) is 0 Å². The van der Waals surface area contributed by atoms with Crippen molar-refractivity contribution in [2.45, 2.75) is 58.5 Å². The Hall–Kier alpha value is -1.03. The minimum absolute atomic E-state index is 0.626. The Kier molecular flexibility index (Phi) is 8.43. The molecule has 0 saturated heterocycles. The molecule has 0 bridgehead atoms. The highest BCUT2D eigenvalue weighted by Crippen LogP contribution is 2.28.